The maximum Gasteiger partial charge on any atom is 0.303 e. The van der Waals surface area contributed by atoms with E-state index in [0.717, 1.165) is 28.2 Å². The van der Waals surface area contributed by atoms with Gasteiger partial charge in [0, 0.05) is 6.42 Å². The summed E-state index contributed by atoms with van der Waals surface area (Å²) in [5.41, 5.74) is 5.60. The Labute approximate surface area is 190 Å². The number of aliphatic carboxylic acids is 1. The van der Waals surface area contributed by atoms with E-state index in [9.17, 15) is 4.79 Å². The number of carboxylic acids is 1. The van der Waals surface area contributed by atoms with E-state index in [4.69, 9.17) is 14.6 Å². The van der Waals surface area contributed by atoms with Crippen molar-refractivity contribution in [3.05, 3.63) is 83.4 Å². The second-order valence-electron chi connectivity index (χ2n) is 8.92. The third-order valence-corrected chi connectivity index (χ3v) is 5.28. The van der Waals surface area contributed by atoms with Crippen molar-refractivity contribution in [2.75, 3.05) is 6.61 Å². The van der Waals surface area contributed by atoms with Gasteiger partial charge in [-0.2, -0.15) is 0 Å². The second-order valence-corrected chi connectivity index (χ2v) is 8.92. The molecule has 0 heterocycles. The van der Waals surface area contributed by atoms with Crippen molar-refractivity contribution in [1.29, 1.82) is 0 Å². The van der Waals surface area contributed by atoms with Gasteiger partial charge in [-0.1, -0.05) is 63.2 Å². The molecule has 0 spiro atoms. The van der Waals surface area contributed by atoms with Gasteiger partial charge in [-0.05, 0) is 70.8 Å². The van der Waals surface area contributed by atoms with E-state index in [0.29, 0.717) is 19.6 Å². The van der Waals surface area contributed by atoms with Gasteiger partial charge in [-0.3, -0.25) is 4.79 Å². The Kier molecular flexibility index (Phi) is 7.57. The van der Waals surface area contributed by atoms with E-state index in [1.165, 1.54) is 11.1 Å². The monoisotopic (exact) mass is 432 g/mol. The molecule has 1 N–H and O–H groups in total. The van der Waals surface area contributed by atoms with Crippen LogP contribution in [0.3, 0.4) is 0 Å². The fourth-order valence-corrected chi connectivity index (χ4v) is 3.68. The van der Waals surface area contributed by atoms with Crippen LogP contribution in [0.5, 0.6) is 11.5 Å². The van der Waals surface area contributed by atoms with Crippen molar-refractivity contribution in [2.24, 2.45) is 0 Å². The number of carboxylic acid groups (broad SMARTS) is 1. The molecule has 3 aromatic carbocycles. The highest BCUT2D eigenvalue weighted by molar-refractivity contribution is 5.70. The fraction of sp³-hybridized carbons (Fsp3) is 0.321. The Balaban J connectivity index is 1.81. The predicted molar refractivity (Wildman–Crippen MR) is 128 cm³/mol. The molecule has 0 aliphatic heterocycles. The summed E-state index contributed by atoms with van der Waals surface area (Å²) >= 11 is 0. The number of carbonyl (C=O) groups is 1. The van der Waals surface area contributed by atoms with Crippen LogP contribution >= 0.6 is 0 Å². The molecule has 0 amide bonds. The Morgan fingerprint density at radius 1 is 0.875 bits per heavy atom. The summed E-state index contributed by atoms with van der Waals surface area (Å²) < 4.78 is 11.7. The molecule has 32 heavy (non-hydrogen) atoms. The van der Waals surface area contributed by atoms with E-state index in [1.807, 2.05) is 43.3 Å². The first kappa shape index (κ1) is 23.4. The number of ether oxygens (including phenoxy) is 2. The van der Waals surface area contributed by atoms with Crippen LogP contribution in [-0.4, -0.2) is 17.7 Å². The molecule has 4 heteroatoms. The Bertz CT molecular complexity index is 1060. The lowest BCUT2D eigenvalue weighted by Gasteiger charge is -2.24. The van der Waals surface area contributed by atoms with Gasteiger partial charge in [0.1, 0.15) is 18.1 Å². The van der Waals surface area contributed by atoms with Gasteiger partial charge < -0.3 is 14.6 Å². The predicted octanol–water partition coefficient (Wildman–Crippen LogP) is 6.65. The van der Waals surface area contributed by atoms with E-state index in [-0.39, 0.29) is 11.8 Å². The molecule has 0 saturated heterocycles. The third-order valence-electron chi connectivity index (χ3n) is 5.28. The number of benzene rings is 3. The number of hydrogen-bond donors (Lipinski definition) is 1. The van der Waals surface area contributed by atoms with E-state index in [2.05, 4.69) is 51.1 Å². The summed E-state index contributed by atoms with van der Waals surface area (Å²) in [6, 6.07) is 22.4. The molecule has 0 fully saturated rings. The number of hydrogen-bond acceptors (Lipinski definition) is 3. The molecule has 0 unspecified atom stereocenters. The highest BCUT2D eigenvalue weighted by Gasteiger charge is 2.20. The van der Waals surface area contributed by atoms with E-state index < -0.39 is 5.97 Å². The van der Waals surface area contributed by atoms with Crippen molar-refractivity contribution in [3.63, 3.8) is 0 Å². The SMILES string of the molecule is CCOc1cccc(-c2ccc(COc3cccc(CCC(=O)O)c3)cc2C(C)(C)C)c1. The van der Waals surface area contributed by atoms with Crippen molar-refractivity contribution < 1.29 is 19.4 Å². The summed E-state index contributed by atoms with van der Waals surface area (Å²) in [5, 5.41) is 8.90. The van der Waals surface area contributed by atoms with Crippen LogP contribution in [0.2, 0.25) is 0 Å². The zero-order valence-corrected chi connectivity index (χ0v) is 19.4. The minimum atomic E-state index is -0.794. The van der Waals surface area contributed by atoms with E-state index >= 15 is 0 Å². The zero-order chi connectivity index (χ0) is 23.1. The lowest BCUT2D eigenvalue weighted by molar-refractivity contribution is -0.136. The molecule has 0 radical (unpaired) electrons. The van der Waals surface area contributed by atoms with Crippen LogP contribution in [0.15, 0.2) is 66.7 Å². The Morgan fingerprint density at radius 3 is 2.28 bits per heavy atom. The molecule has 0 aromatic heterocycles. The van der Waals surface area contributed by atoms with Gasteiger partial charge in [0.15, 0.2) is 0 Å². The average molecular weight is 433 g/mol. The molecule has 0 aliphatic carbocycles. The molecule has 4 nitrogen and oxygen atoms in total. The molecular formula is C28H32O4. The lowest BCUT2D eigenvalue weighted by Crippen LogP contribution is -2.14. The number of rotatable bonds is 9. The maximum absolute atomic E-state index is 10.8. The van der Waals surface area contributed by atoms with Crippen molar-refractivity contribution in [1.82, 2.24) is 0 Å². The van der Waals surface area contributed by atoms with Crippen molar-refractivity contribution in [3.8, 4) is 22.6 Å². The van der Waals surface area contributed by atoms with Crippen LogP contribution in [0, 0.1) is 0 Å². The fourth-order valence-electron chi connectivity index (χ4n) is 3.68. The van der Waals surface area contributed by atoms with Gasteiger partial charge in [-0.25, -0.2) is 0 Å². The summed E-state index contributed by atoms with van der Waals surface area (Å²) in [6.45, 7) is 9.73. The molecule has 0 saturated carbocycles. The summed E-state index contributed by atoms with van der Waals surface area (Å²) in [6.07, 6.45) is 0.612. The highest BCUT2D eigenvalue weighted by atomic mass is 16.5. The molecule has 3 aromatic rings. The molecule has 0 bridgehead atoms. The molecule has 0 atom stereocenters. The lowest BCUT2D eigenvalue weighted by atomic mass is 9.81. The minimum Gasteiger partial charge on any atom is -0.494 e. The van der Waals surface area contributed by atoms with E-state index in [1.54, 1.807) is 0 Å². The van der Waals surface area contributed by atoms with Gasteiger partial charge in [0.05, 0.1) is 6.61 Å². The minimum absolute atomic E-state index is 0.0380. The van der Waals surface area contributed by atoms with Crippen LogP contribution in [0.4, 0.5) is 0 Å². The normalized spacial score (nSPS) is 11.2. The first-order valence-electron chi connectivity index (χ1n) is 11.1. The maximum atomic E-state index is 10.8. The Morgan fingerprint density at radius 2 is 1.59 bits per heavy atom. The highest BCUT2D eigenvalue weighted by Crippen LogP contribution is 2.35. The number of aryl methyl sites for hydroxylation is 1. The van der Waals surface area contributed by atoms with Gasteiger partial charge in [0.25, 0.3) is 0 Å². The molecule has 168 valence electrons. The second kappa shape index (κ2) is 10.4. The van der Waals surface area contributed by atoms with Crippen LogP contribution in [-0.2, 0) is 23.2 Å². The smallest absolute Gasteiger partial charge is 0.303 e. The quantitative estimate of drug-likeness (QED) is 0.411. The Hall–Kier alpha value is -3.27. The van der Waals surface area contributed by atoms with Gasteiger partial charge >= 0.3 is 5.97 Å². The molecular weight excluding hydrogens is 400 g/mol. The molecule has 3 rings (SSSR count). The van der Waals surface area contributed by atoms with Crippen LogP contribution in [0.1, 0.15) is 50.8 Å². The summed E-state index contributed by atoms with van der Waals surface area (Å²) in [4.78, 5) is 10.8. The topological polar surface area (TPSA) is 55.8 Å². The van der Waals surface area contributed by atoms with Crippen molar-refractivity contribution >= 4 is 5.97 Å². The zero-order valence-electron chi connectivity index (χ0n) is 19.4. The molecule has 0 aliphatic rings. The van der Waals surface area contributed by atoms with Gasteiger partial charge in [-0.15, -0.1) is 0 Å². The van der Waals surface area contributed by atoms with Crippen molar-refractivity contribution in [2.45, 2.75) is 52.6 Å². The van der Waals surface area contributed by atoms with Crippen LogP contribution < -0.4 is 9.47 Å². The first-order chi connectivity index (χ1) is 15.3. The largest absolute Gasteiger partial charge is 0.494 e. The first-order valence-corrected chi connectivity index (χ1v) is 11.1. The summed E-state index contributed by atoms with van der Waals surface area (Å²) in [7, 11) is 0. The summed E-state index contributed by atoms with van der Waals surface area (Å²) in [5.74, 6) is 0.830. The standard InChI is InChI=1S/C28H32O4/c1-5-31-24-11-7-9-22(18-24)25-14-12-21(17-26(25)28(2,3)4)19-32-23-10-6-8-20(16-23)13-15-27(29)30/h6-12,14,16-18H,5,13,15,19H2,1-4H3,(H,29,30). The third kappa shape index (κ3) is 6.36. The average Bonchev–Trinajstić information content (AvgIpc) is 2.76. The van der Waals surface area contributed by atoms with Crippen LogP contribution in [0.25, 0.3) is 11.1 Å². The van der Waals surface area contributed by atoms with Gasteiger partial charge in [0.2, 0.25) is 0 Å².